The highest BCUT2D eigenvalue weighted by molar-refractivity contribution is 6.03. The van der Waals surface area contributed by atoms with Crippen molar-refractivity contribution in [2.24, 2.45) is 0 Å². The van der Waals surface area contributed by atoms with Crippen molar-refractivity contribution in [3.8, 4) is 0 Å². The van der Waals surface area contributed by atoms with Crippen LogP contribution in [-0.2, 0) is 4.74 Å². The first-order chi connectivity index (χ1) is 14.2. The van der Waals surface area contributed by atoms with E-state index in [1.165, 1.54) is 12.4 Å². The largest absolute Gasteiger partial charge is 0.478 e. The summed E-state index contributed by atoms with van der Waals surface area (Å²) in [7, 11) is 0. The lowest BCUT2D eigenvalue weighted by Crippen LogP contribution is -2.50. The topological polar surface area (TPSA) is 109 Å². The van der Waals surface area contributed by atoms with Crippen LogP contribution in [0.4, 0.5) is 10.6 Å². The van der Waals surface area contributed by atoms with Gasteiger partial charge < -0.3 is 19.6 Å². The molecular weight excluding hydrogens is 386 g/mol. The van der Waals surface area contributed by atoms with Gasteiger partial charge in [0.2, 0.25) is 0 Å². The number of ether oxygens (including phenoxy) is 1. The van der Waals surface area contributed by atoms with E-state index >= 15 is 0 Å². The smallest absolute Gasteiger partial charge is 0.410 e. The van der Waals surface area contributed by atoms with Crippen LogP contribution in [0.2, 0.25) is 0 Å². The Bertz CT molecular complexity index is 962. The van der Waals surface area contributed by atoms with Gasteiger partial charge in [0, 0.05) is 43.8 Å². The van der Waals surface area contributed by atoms with Gasteiger partial charge in [-0.15, -0.1) is 0 Å². The number of hydrogen-bond donors (Lipinski definition) is 1. The first-order valence-electron chi connectivity index (χ1n) is 10.3. The number of hydrogen-bond acceptors (Lipinski definition) is 7. The van der Waals surface area contributed by atoms with Gasteiger partial charge in [0.1, 0.15) is 22.2 Å². The van der Waals surface area contributed by atoms with E-state index in [0.717, 1.165) is 25.7 Å². The van der Waals surface area contributed by atoms with Crippen LogP contribution in [0.15, 0.2) is 18.6 Å². The standard InChI is InChI=1S/C21H27N5O4/c1-21(2,3)30-20(29)26(13-4-5-13)14-6-10-25(11-7-14)18-17-16(22-8-9-23-17)15(12-24-18)19(27)28/h8-9,12-14H,4-7,10-11H2,1-3H3,(H,27,28). The summed E-state index contributed by atoms with van der Waals surface area (Å²) in [4.78, 5) is 41.2. The molecule has 1 aliphatic carbocycles. The number of anilines is 1. The molecule has 2 aromatic heterocycles. The van der Waals surface area contributed by atoms with E-state index in [4.69, 9.17) is 4.74 Å². The Labute approximate surface area is 175 Å². The van der Waals surface area contributed by atoms with E-state index in [1.54, 1.807) is 6.20 Å². The van der Waals surface area contributed by atoms with Crippen molar-refractivity contribution in [1.82, 2.24) is 19.9 Å². The van der Waals surface area contributed by atoms with Gasteiger partial charge in [0.15, 0.2) is 5.82 Å². The van der Waals surface area contributed by atoms with Gasteiger partial charge in [-0.2, -0.15) is 0 Å². The first kappa shape index (κ1) is 20.3. The molecule has 160 valence electrons. The van der Waals surface area contributed by atoms with Crippen molar-refractivity contribution in [1.29, 1.82) is 0 Å². The van der Waals surface area contributed by atoms with Crippen LogP contribution in [0.5, 0.6) is 0 Å². The third-order valence-corrected chi connectivity index (χ3v) is 5.41. The van der Waals surface area contributed by atoms with E-state index in [0.29, 0.717) is 29.9 Å². The number of nitrogens with zero attached hydrogens (tertiary/aromatic N) is 5. The zero-order chi connectivity index (χ0) is 21.5. The second-order valence-corrected chi connectivity index (χ2v) is 8.89. The summed E-state index contributed by atoms with van der Waals surface area (Å²) < 4.78 is 5.65. The Balaban J connectivity index is 1.51. The summed E-state index contributed by atoms with van der Waals surface area (Å²) in [6.45, 7) is 7.05. The van der Waals surface area contributed by atoms with Crippen LogP contribution in [0.25, 0.3) is 11.0 Å². The summed E-state index contributed by atoms with van der Waals surface area (Å²) >= 11 is 0. The molecule has 1 amide bonds. The first-order valence-corrected chi connectivity index (χ1v) is 10.3. The summed E-state index contributed by atoms with van der Waals surface area (Å²) in [5, 5.41) is 9.40. The van der Waals surface area contributed by atoms with E-state index in [-0.39, 0.29) is 23.7 Å². The minimum atomic E-state index is -1.07. The summed E-state index contributed by atoms with van der Waals surface area (Å²) in [5.74, 6) is -0.438. The molecule has 0 unspecified atom stereocenters. The Kier molecular flexibility index (Phi) is 5.21. The molecule has 1 saturated carbocycles. The monoisotopic (exact) mass is 413 g/mol. The minimum absolute atomic E-state index is 0.0431. The molecule has 3 heterocycles. The normalized spacial score (nSPS) is 17.8. The van der Waals surface area contributed by atoms with Crippen LogP contribution in [0, 0.1) is 0 Å². The molecule has 9 heteroatoms. The number of piperidine rings is 1. The number of carboxylic acids is 1. The van der Waals surface area contributed by atoms with Crippen LogP contribution in [0.3, 0.4) is 0 Å². The Hall–Kier alpha value is -2.97. The molecule has 1 saturated heterocycles. The second-order valence-electron chi connectivity index (χ2n) is 8.89. The summed E-state index contributed by atoms with van der Waals surface area (Å²) in [6, 6.07) is 0.398. The lowest BCUT2D eigenvalue weighted by atomic mass is 10.0. The molecule has 0 spiro atoms. The number of fused-ring (bicyclic) bond motifs is 1. The molecule has 0 radical (unpaired) electrons. The molecule has 0 atom stereocenters. The fourth-order valence-corrected chi connectivity index (χ4v) is 3.95. The highest BCUT2D eigenvalue weighted by atomic mass is 16.6. The Morgan fingerprint density at radius 1 is 1.03 bits per heavy atom. The van der Waals surface area contributed by atoms with Crippen molar-refractivity contribution >= 4 is 28.9 Å². The number of amides is 1. The van der Waals surface area contributed by atoms with Gasteiger partial charge in [-0.3, -0.25) is 4.98 Å². The number of rotatable bonds is 4. The number of carbonyl (C=O) groups excluding carboxylic acids is 1. The SMILES string of the molecule is CC(C)(C)OC(=O)N(C1CC1)C1CCN(c2ncc(C(=O)O)c3nccnc23)CC1. The van der Waals surface area contributed by atoms with Crippen molar-refractivity contribution in [2.45, 2.75) is 64.1 Å². The van der Waals surface area contributed by atoms with E-state index in [2.05, 4.69) is 19.9 Å². The minimum Gasteiger partial charge on any atom is -0.478 e. The maximum atomic E-state index is 12.8. The number of aromatic nitrogens is 3. The molecule has 2 aromatic rings. The van der Waals surface area contributed by atoms with Gasteiger partial charge >= 0.3 is 12.1 Å². The van der Waals surface area contributed by atoms with Gasteiger partial charge in [0.25, 0.3) is 0 Å². The average Bonchev–Trinajstić information content (AvgIpc) is 3.51. The molecule has 9 nitrogen and oxygen atoms in total. The molecule has 4 rings (SSSR count). The molecule has 0 aromatic carbocycles. The van der Waals surface area contributed by atoms with Crippen LogP contribution < -0.4 is 4.90 Å². The van der Waals surface area contributed by atoms with Gasteiger partial charge in [-0.05, 0) is 46.5 Å². The fourth-order valence-electron chi connectivity index (χ4n) is 3.95. The predicted octanol–water partition coefficient (Wildman–Crippen LogP) is 3.09. The Morgan fingerprint density at radius 2 is 1.63 bits per heavy atom. The molecule has 2 fully saturated rings. The lowest BCUT2D eigenvalue weighted by Gasteiger charge is -2.39. The molecule has 1 aliphatic heterocycles. The molecular formula is C21H27N5O4. The number of pyridine rings is 1. The maximum Gasteiger partial charge on any atom is 0.410 e. The zero-order valence-corrected chi connectivity index (χ0v) is 17.5. The molecule has 1 N–H and O–H groups in total. The third-order valence-electron chi connectivity index (χ3n) is 5.41. The highest BCUT2D eigenvalue weighted by Gasteiger charge is 2.41. The molecule has 2 aliphatic rings. The fraction of sp³-hybridized carbons (Fsp3) is 0.571. The third kappa shape index (κ3) is 4.15. The van der Waals surface area contributed by atoms with Crippen LogP contribution in [-0.4, -0.2) is 67.8 Å². The van der Waals surface area contributed by atoms with Gasteiger partial charge in [0.05, 0.1) is 0 Å². The Morgan fingerprint density at radius 3 is 2.20 bits per heavy atom. The number of carboxylic acid groups (broad SMARTS) is 1. The predicted molar refractivity (Wildman–Crippen MR) is 111 cm³/mol. The molecule has 0 bridgehead atoms. The zero-order valence-electron chi connectivity index (χ0n) is 17.5. The number of carbonyl (C=O) groups is 2. The van der Waals surface area contributed by atoms with Crippen LogP contribution in [0.1, 0.15) is 56.8 Å². The highest BCUT2D eigenvalue weighted by Crippen LogP contribution is 2.34. The maximum absolute atomic E-state index is 12.8. The second kappa shape index (κ2) is 7.70. The van der Waals surface area contributed by atoms with Crippen molar-refractivity contribution < 1.29 is 19.4 Å². The van der Waals surface area contributed by atoms with Crippen molar-refractivity contribution in [3.63, 3.8) is 0 Å². The van der Waals surface area contributed by atoms with Crippen LogP contribution >= 0.6 is 0 Å². The number of aromatic carboxylic acids is 1. The van der Waals surface area contributed by atoms with E-state index < -0.39 is 11.6 Å². The quantitative estimate of drug-likeness (QED) is 0.814. The van der Waals surface area contributed by atoms with Crippen molar-refractivity contribution in [2.75, 3.05) is 18.0 Å². The summed E-state index contributed by atoms with van der Waals surface area (Å²) in [5.41, 5.74) is 0.354. The average molecular weight is 413 g/mol. The molecule has 30 heavy (non-hydrogen) atoms. The summed E-state index contributed by atoms with van der Waals surface area (Å²) in [6.07, 6.45) is 7.78. The van der Waals surface area contributed by atoms with E-state index in [9.17, 15) is 14.7 Å². The van der Waals surface area contributed by atoms with Gasteiger partial charge in [-0.1, -0.05) is 0 Å². The van der Waals surface area contributed by atoms with Crippen molar-refractivity contribution in [3.05, 3.63) is 24.2 Å². The van der Waals surface area contributed by atoms with Gasteiger partial charge in [-0.25, -0.2) is 19.6 Å². The lowest BCUT2D eigenvalue weighted by molar-refractivity contribution is 0.0113. The van der Waals surface area contributed by atoms with E-state index in [1.807, 2.05) is 25.7 Å².